The maximum Gasteiger partial charge on any atom is 0.239 e. The molecule has 2 saturated carbocycles. The zero-order chi connectivity index (χ0) is 14.7. The Morgan fingerprint density at radius 1 is 1.05 bits per heavy atom. The second-order valence-electron chi connectivity index (χ2n) is 7.89. The molecule has 1 aromatic rings. The van der Waals surface area contributed by atoms with Crippen molar-refractivity contribution in [1.82, 2.24) is 4.90 Å². The highest BCUT2D eigenvalue weighted by molar-refractivity contribution is 6.08. The van der Waals surface area contributed by atoms with Crippen LogP contribution >= 0.6 is 0 Å². The van der Waals surface area contributed by atoms with Crippen LogP contribution in [0.25, 0.3) is 0 Å². The summed E-state index contributed by atoms with van der Waals surface area (Å²) in [7, 11) is 0. The standard InChI is InChI=1S/C19H24N2O/c22-18-19(9-10-20(13-19)11-14-5-6-14)16-3-1-2-4-17(16)21(18)12-15-7-8-15/h1-4,14-15H,5-13H2/t19-/m0/s1. The summed E-state index contributed by atoms with van der Waals surface area (Å²) in [5.74, 6) is 2.04. The molecule has 0 radical (unpaired) electrons. The van der Waals surface area contributed by atoms with E-state index >= 15 is 0 Å². The maximum absolute atomic E-state index is 13.3. The summed E-state index contributed by atoms with van der Waals surface area (Å²) in [5, 5.41) is 0. The molecule has 2 aliphatic carbocycles. The Morgan fingerprint density at radius 2 is 1.77 bits per heavy atom. The number of carbonyl (C=O) groups is 1. The van der Waals surface area contributed by atoms with Crippen LogP contribution < -0.4 is 4.90 Å². The fourth-order valence-corrected chi connectivity index (χ4v) is 4.44. The van der Waals surface area contributed by atoms with Crippen molar-refractivity contribution in [3.8, 4) is 0 Å². The van der Waals surface area contributed by atoms with E-state index in [1.807, 2.05) is 0 Å². The van der Waals surface area contributed by atoms with Crippen LogP contribution in [-0.4, -0.2) is 37.0 Å². The van der Waals surface area contributed by atoms with Crippen molar-refractivity contribution in [2.45, 2.75) is 37.5 Å². The quantitative estimate of drug-likeness (QED) is 0.853. The van der Waals surface area contributed by atoms with Gasteiger partial charge < -0.3 is 9.80 Å². The van der Waals surface area contributed by atoms with E-state index in [0.29, 0.717) is 5.91 Å². The number of fused-ring (bicyclic) bond motifs is 2. The fourth-order valence-electron chi connectivity index (χ4n) is 4.44. The molecule has 2 aliphatic heterocycles. The molecule has 1 atom stereocenters. The molecule has 0 aromatic heterocycles. The third-order valence-electron chi connectivity index (χ3n) is 6.06. The van der Waals surface area contributed by atoms with Crippen molar-refractivity contribution in [3.05, 3.63) is 29.8 Å². The SMILES string of the molecule is O=C1N(CC2CC2)c2ccccc2[C@@]12CCN(CC1CC1)C2. The Labute approximate surface area is 132 Å². The molecule has 1 saturated heterocycles. The summed E-state index contributed by atoms with van der Waals surface area (Å²) in [5.41, 5.74) is 2.27. The summed E-state index contributed by atoms with van der Waals surface area (Å²) in [6.45, 7) is 4.19. The number of rotatable bonds is 4. The lowest BCUT2D eigenvalue weighted by Crippen LogP contribution is -2.43. The summed E-state index contributed by atoms with van der Waals surface area (Å²) in [6.07, 6.45) is 6.39. The van der Waals surface area contributed by atoms with E-state index in [-0.39, 0.29) is 5.41 Å². The van der Waals surface area contributed by atoms with Gasteiger partial charge in [0.15, 0.2) is 0 Å². The van der Waals surface area contributed by atoms with Crippen LogP contribution in [0.3, 0.4) is 0 Å². The minimum atomic E-state index is -0.236. The predicted molar refractivity (Wildman–Crippen MR) is 87.0 cm³/mol. The molecular formula is C19H24N2O. The van der Waals surface area contributed by atoms with Gasteiger partial charge in [0.1, 0.15) is 0 Å². The second kappa shape index (κ2) is 4.58. The van der Waals surface area contributed by atoms with Crippen molar-refractivity contribution in [1.29, 1.82) is 0 Å². The second-order valence-corrected chi connectivity index (χ2v) is 7.89. The van der Waals surface area contributed by atoms with E-state index in [9.17, 15) is 4.79 Å². The van der Waals surface area contributed by atoms with Crippen LogP contribution in [0, 0.1) is 11.8 Å². The number of nitrogens with zero attached hydrogens (tertiary/aromatic N) is 2. The van der Waals surface area contributed by atoms with Gasteiger partial charge in [-0.1, -0.05) is 18.2 Å². The van der Waals surface area contributed by atoms with E-state index in [2.05, 4.69) is 34.1 Å². The molecular weight excluding hydrogens is 272 g/mol. The van der Waals surface area contributed by atoms with Gasteiger partial charge in [0.2, 0.25) is 5.91 Å². The molecule has 2 heterocycles. The minimum absolute atomic E-state index is 0.236. The molecule has 3 heteroatoms. The normalized spacial score (nSPS) is 31.3. The molecule has 0 unspecified atom stereocenters. The van der Waals surface area contributed by atoms with Crippen molar-refractivity contribution < 1.29 is 4.79 Å². The molecule has 3 nitrogen and oxygen atoms in total. The van der Waals surface area contributed by atoms with Gasteiger partial charge in [-0.05, 0) is 62.1 Å². The summed E-state index contributed by atoms with van der Waals surface area (Å²) < 4.78 is 0. The van der Waals surface area contributed by atoms with Gasteiger partial charge in [-0.2, -0.15) is 0 Å². The molecule has 1 aromatic carbocycles. The zero-order valence-corrected chi connectivity index (χ0v) is 13.1. The zero-order valence-electron chi connectivity index (χ0n) is 13.1. The van der Waals surface area contributed by atoms with Gasteiger partial charge in [-0.3, -0.25) is 4.79 Å². The van der Waals surface area contributed by atoms with Crippen LogP contribution in [0.15, 0.2) is 24.3 Å². The lowest BCUT2D eigenvalue weighted by atomic mass is 9.81. The largest absolute Gasteiger partial charge is 0.311 e. The first-order valence-electron chi connectivity index (χ1n) is 8.90. The van der Waals surface area contributed by atoms with E-state index in [1.165, 1.54) is 43.5 Å². The first-order chi connectivity index (χ1) is 10.8. The number of hydrogen-bond acceptors (Lipinski definition) is 2. The average molecular weight is 296 g/mol. The first-order valence-corrected chi connectivity index (χ1v) is 8.90. The van der Waals surface area contributed by atoms with Crippen LogP contribution in [-0.2, 0) is 10.2 Å². The van der Waals surface area contributed by atoms with E-state index in [4.69, 9.17) is 0 Å². The number of amides is 1. The molecule has 22 heavy (non-hydrogen) atoms. The molecule has 4 aliphatic rings. The molecule has 1 amide bonds. The smallest absolute Gasteiger partial charge is 0.239 e. The van der Waals surface area contributed by atoms with E-state index in [1.54, 1.807) is 0 Å². The molecule has 0 bridgehead atoms. The third kappa shape index (κ3) is 1.95. The summed E-state index contributed by atoms with van der Waals surface area (Å²) >= 11 is 0. The number of para-hydroxylation sites is 1. The number of carbonyl (C=O) groups excluding carboxylic acids is 1. The minimum Gasteiger partial charge on any atom is -0.311 e. The van der Waals surface area contributed by atoms with Crippen molar-refractivity contribution in [2.24, 2.45) is 11.8 Å². The van der Waals surface area contributed by atoms with E-state index < -0.39 is 0 Å². The van der Waals surface area contributed by atoms with Crippen LogP contribution in [0.5, 0.6) is 0 Å². The first kappa shape index (κ1) is 13.1. The number of anilines is 1. The number of hydrogen-bond donors (Lipinski definition) is 0. The van der Waals surface area contributed by atoms with Crippen molar-refractivity contribution in [2.75, 3.05) is 31.1 Å². The molecule has 0 N–H and O–H groups in total. The predicted octanol–water partition coefficient (Wildman–Crippen LogP) is 2.80. The van der Waals surface area contributed by atoms with Gasteiger partial charge in [0.25, 0.3) is 0 Å². The molecule has 1 spiro atoms. The number of benzene rings is 1. The highest BCUT2D eigenvalue weighted by Gasteiger charge is 2.54. The summed E-state index contributed by atoms with van der Waals surface area (Å²) in [6, 6.07) is 8.56. The average Bonchev–Trinajstić information content (AvgIpc) is 3.44. The lowest BCUT2D eigenvalue weighted by Gasteiger charge is -2.24. The maximum atomic E-state index is 13.3. The van der Waals surface area contributed by atoms with Crippen LogP contribution in [0.1, 0.15) is 37.7 Å². The Hall–Kier alpha value is -1.35. The van der Waals surface area contributed by atoms with Crippen LogP contribution in [0.2, 0.25) is 0 Å². The Morgan fingerprint density at radius 3 is 2.55 bits per heavy atom. The molecule has 5 rings (SSSR count). The molecule has 3 fully saturated rings. The number of likely N-dealkylation sites (tertiary alicyclic amines) is 1. The Balaban J connectivity index is 1.48. The fraction of sp³-hybridized carbons (Fsp3) is 0.632. The van der Waals surface area contributed by atoms with Gasteiger partial charge in [0, 0.05) is 25.3 Å². The summed E-state index contributed by atoms with van der Waals surface area (Å²) in [4.78, 5) is 18.0. The molecule has 116 valence electrons. The lowest BCUT2D eigenvalue weighted by molar-refractivity contribution is -0.122. The van der Waals surface area contributed by atoms with Crippen molar-refractivity contribution >= 4 is 11.6 Å². The topological polar surface area (TPSA) is 23.6 Å². The highest BCUT2D eigenvalue weighted by Crippen LogP contribution is 2.49. The van der Waals surface area contributed by atoms with Gasteiger partial charge >= 0.3 is 0 Å². The Bertz CT molecular complexity index is 620. The van der Waals surface area contributed by atoms with Gasteiger partial charge in [-0.15, -0.1) is 0 Å². The monoisotopic (exact) mass is 296 g/mol. The Kier molecular flexibility index (Phi) is 2.73. The van der Waals surface area contributed by atoms with Crippen molar-refractivity contribution in [3.63, 3.8) is 0 Å². The van der Waals surface area contributed by atoms with Crippen LogP contribution in [0.4, 0.5) is 5.69 Å². The van der Waals surface area contributed by atoms with Gasteiger partial charge in [-0.25, -0.2) is 0 Å². The van der Waals surface area contributed by atoms with E-state index in [0.717, 1.165) is 37.9 Å². The van der Waals surface area contributed by atoms with Gasteiger partial charge in [0.05, 0.1) is 5.41 Å². The third-order valence-corrected chi connectivity index (χ3v) is 6.06. The highest BCUT2D eigenvalue weighted by atomic mass is 16.2.